The number of hydrogen-bond donors (Lipinski definition) is 1. The van der Waals surface area contributed by atoms with Gasteiger partial charge in [0.05, 0.1) is 9.71 Å². The second kappa shape index (κ2) is 6.59. The van der Waals surface area contributed by atoms with Crippen LogP contribution in [0.3, 0.4) is 0 Å². The van der Waals surface area contributed by atoms with E-state index in [2.05, 4.69) is 19.9 Å². The van der Waals surface area contributed by atoms with Gasteiger partial charge in [0.2, 0.25) is 5.13 Å². The lowest BCUT2D eigenvalue weighted by Crippen LogP contribution is -2.20. The zero-order chi connectivity index (χ0) is 18.1. The summed E-state index contributed by atoms with van der Waals surface area (Å²) >= 11 is 0.546. The molecule has 2 aromatic heterocycles. The average Bonchev–Trinajstić information content (AvgIpc) is 2.93. The summed E-state index contributed by atoms with van der Waals surface area (Å²) < 4.78 is 77.6. The minimum absolute atomic E-state index is 0.0722. The molecule has 2 aromatic rings. The normalized spacial score (nSPS) is 14.5. The molecule has 0 aliphatic rings. The number of pyridine rings is 1. The van der Waals surface area contributed by atoms with E-state index in [0.29, 0.717) is 11.3 Å². The van der Waals surface area contributed by atoms with E-state index < -0.39 is 33.0 Å². The third-order valence-corrected chi connectivity index (χ3v) is 5.92. The fourth-order valence-electron chi connectivity index (χ4n) is 1.60. The van der Waals surface area contributed by atoms with E-state index in [-0.39, 0.29) is 15.6 Å². The van der Waals surface area contributed by atoms with Crippen LogP contribution in [0.2, 0.25) is 0 Å². The smallest absolute Gasteiger partial charge is 0.287 e. The molecule has 132 valence electrons. The molecule has 0 aliphatic heterocycles. The van der Waals surface area contributed by atoms with E-state index in [4.69, 9.17) is 0 Å². The maximum Gasteiger partial charge on any atom is 0.433 e. The SMILES string of the molecule is CC(c1ccc(C(F)(F)F)nc1)=S(C)(=O)Nc1nnc(C(F)F)s1. The molecule has 2 heterocycles. The van der Waals surface area contributed by atoms with Crippen molar-refractivity contribution in [2.24, 2.45) is 0 Å². The Morgan fingerprint density at radius 2 is 1.96 bits per heavy atom. The molecule has 0 amide bonds. The first-order valence-corrected chi connectivity index (χ1v) is 9.04. The molecule has 0 fully saturated rings. The van der Waals surface area contributed by atoms with Crippen LogP contribution < -0.4 is 4.72 Å². The van der Waals surface area contributed by atoms with Gasteiger partial charge in [0.15, 0.2) is 5.01 Å². The van der Waals surface area contributed by atoms with Gasteiger partial charge in [0, 0.05) is 22.9 Å². The lowest BCUT2D eigenvalue weighted by Gasteiger charge is -2.12. The summed E-state index contributed by atoms with van der Waals surface area (Å²) in [7, 11) is -2.97. The highest BCUT2D eigenvalue weighted by atomic mass is 32.2. The fraction of sp³-hybridized carbons (Fsp3) is 0.333. The van der Waals surface area contributed by atoms with Crippen molar-refractivity contribution in [1.29, 1.82) is 0 Å². The van der Waals surface area contributed by atoms with Gasteiger partial charge in [0.25, 0.3) is 6.43 Å². The largest absolute Gasteiger partial charge is 0.433 e. The number of nitrogens with one attached hydrogen (secondary N) is 1. The Kier molecular flexibility index (Phi) is 5.08. The van der Waals surface area contributed by atoms with E-state index in [1.54, 1.807) is 0 Å². The molecule has 0 bridgehead atoms. The number of hydrogen-bond acceptors (Lipinski definition) is 5. The summed E-state index contributed by atoms with van der Waals surface area (Å²) in [6, 6.07) is 1.91. The van der Waals surface area contributed by atoms with Gasteiger partial charge in [0.1, 0.15) is 5.69 Å². The summed E-state index contributed by atoms with van der Waals surface area (Å²) in [6.45, 7) is 1.44. The van der Waals surface area contributed by atoms with Gasteiger partial charge >= 0.3 is 6.18 Å². The standard InChI is InChI=1S/C12H11F5N4OS2/c1-6(7-3-4-8(18-5-7)12(15,16)17)24(2,22)21-11-20-19-10(23-11)9(13)14/h3-5,9H,1-2H3,(H,20,21,22). The van der Waals surface area contributed by atoms with Gasteiger partial charge in [-0.15, -0.1) is 10.2 Å². The number of aromatic nitrogens is 3. The lowest BCUT2D eigenvalue weighted by molar-refractivity contribution is -0.141. The van der Waals surface area contributed by atoms with Crippen molar-refractivity contribution in [3.8, 4) is 0 Å². The first kappa shape index (κ1) is 18.5. The van der Waals surface area contributed by atoms with Crippen molar-refractivity contribution < 1.29 is 26.2 Å². The van der Waals surface area contributed by atoms with Crippen molar-refractivity contribution in [2.75, 3.05) is 11.0 Å². The van der Waals surface area contributed by atoms with Gasteiger partial charge < -0.3 is 0 Å². The second-order valence-electron chi connectivity index (χ2n) is 4.68. The summed E-state index contributed by atoms with van der Waals surface area (Å²) in [6.07, 6.45) is -5.14. The molecule has 0 radical (unpaired) electrons. The maximum absolute atomic E-state index is 12.7. The Balaban J connectivity index is 2.32. The Morgan fingerprint density at radius 1 is 1.29 bits per heavy atom. The van der Waals surface area contributed by atoms with Gasteiger partial charge in [-0.3, -0.25) is 9.71 Å². The Morgan fingerprint density at radius 3 is 2.42 bits per heavy atom. The van der Waals surface area contributed by atoms with E-state index in [1.807, 2.05) is 0 Å². The minimum atomic E-state index is -4.57. The molecule has 1 atom stereocenters. The quantitative estimate of drug-likeness (QED) is 0.497. The zero-order valence-corrected chi connectivity index (χ0v) is 13.9. The first-order chi connectivity index (χ1) is 11.0. The van der Waals surface area contributed by atoms with E-state index >= 15 is 0 Å². The van der Waals surface area contributed by atoms with Crippen LogP contribution in [0.25, 0.3) is 0 Å². The van der Waals surface area contributed by atoms with Crippen LogP contribution >= 0.6 is 11.3 Å². The van der Waals surface area contributed by atoms with E-state index in [1.165, 1.54) is 13.2 Å². The minimum Gasteiger partial charge on any atom is -0.287 e. The van der Waals surface area contributed by atoms with Crippen molar-refractivity contribution in [2.45, 2.75) is 19.5 Å². The van der Waals surface area contributed by atoms with Crippen LogP contribution in [-0.2, 0) is 15.9 Å². The highest BCUT2D eigenvalue weighted by Crippen LogP contribution is 2.28. The Labute approximate surface area is 138 Å². The average molecular weight is 386 g/mol. The van der Waals surface area contributed by atoms with Crippen LogP contribution in [0, 0.1) is 0 Å². The molecule has 5 nitrogen and oxygen atoms in total. The molecule has 0 saturated heterocycles. The number of anilines is 1. The predicted molar refractivity (Wildman–Crippen MR) is 81.6 cm³/mol. The van der Waals surface area contributed by atoms with Crippen molar-refractivity contribution >= 4 is 31.0 Å². The molecular weight excluding hydrogens is 375 g/mol. The lowest BCUT2D eigenvalue weighted by atomic mass is 10.2. The van der Waals surface area contributed by atoms with Crippen LogP contribution in [-0.4, -0.2) is 30.5 Å². The van der Waals surface area contributed by atoms with Crippen LogP contribution in [0.1, 0.15) is 29.6 Å². The van der Waals surface area contributed by atoms with E-state index in [0.717, 1.165) is 18.3 Å². The van der Waals surface area contributed by atoms with Crippen LogP contribution in [0.15, 0.2) is 18.3 Å². The molecule has 0 spiro atoms. The van der Waals surface area contributed by atoms with E-state index in [9.17, 15) is 26.2 Å². The second-order valence-corrected chi connectivity index (χ2v) is 8.19. The Hall–Kier alpha value is -1.82. The molecule has 0 aromatic carbocycles. The first-order valence-electron chi connectivity index (χ1n) is 6.26. The molecule has 1 unspecified atom stereocenters. The third-order valence-electron chi connectivity index (χ3n) is 2.95. The Bertz CT molecular complexity index is 838. The summed E-state index contributed by atoms with van der Waals surface area (Å²) in [5.41, 5.74) is -0.845. The summed E-state index contributed by atoms with van der Waals surface area (Å²) in [4.78, 5) is 3.50. The monoisotopic (exact) mass is 386 g/mol. The molecule has 0 aliphatic carbocycles. The van der Waals surface area contributed by atoms with Gasteiger partial charge in [-0.2, -0.15) is 13.2 Å². The van der Waals surface area contributed by atoms with Crippen LogP contribution in [0.5, 0.6) is 0 Å². The van der Waals surface area contributed by atoms with Crippen LogP contribution in [0.4, 0.5) is 27.1 Å². The summed E-state index contributed by atoms with van der Waals surface area (Å²) in [5, 5.41) is 6.12. The van der Waals surface area contributed by atoms with Crippen molar-refractivity contribution in [1.82, 2.24) is 15.2 Å². The van der Waals surface area contributed by atoms with Crippen molar-refractivity contribution in [3.05, 3.63) is 34.6 Å². The molecule has 24 heavy (non-hydrogen) atoms. The molecule has 1 N–H and O–H groups in total. The molecule has 0 saturated carbocycles. The third kappa shape index (κ3) is 4.17. The molecule has 12 heteroatoms. The topological polar surface area (TPSA) is 67.8 Å². The highest BCUT2D eigenvalue weighted by molar-refractivity contribution is 8.03. The van der Waals surface area contributed by atoms with Crippen molar-refractivity contribution in [3.63, 3.8) is 0 Å². The zero-order valence-electron chi connectivity index (χ0n) is 12.3. The maximum atomic E-state index is 12.7. The predicted octanol–water partition coefficient (Wildman–Crippen LogP) is 3.37. The number of nitrogens with zero attached hydrogens (tertiary/aromatic N) is 3. The molecule has 2 rings (SSSR count). The number of rotatable bonds is 4. The highest BCUT2D eigenvalue weighted by Gasteiger charge is 2.32. The number of halogens is 5. The number of alkyl halides is 5. The fourth-order valence-corrected chi connectivity index (χ4v) is 3.79. The molecular formula is C12H11F5N4OS2. The van der Waals surface area contributed by atoms with Gasteiger partial charge in [-0.25, -0.2) is 13.0 Å². The summed E-state index contributed by atoms with van der Waals surface area (Å²) in [5.74, 6) is 0. The van der Waals surface area contributed by atoms with Gasteiger partial charge in [-0.05, 0) is 13.0 Å². The van der Waals surface area contributed by atoms with Gasteiger partial charge in [-0.1, -0.05) is 17.4 Å².